The number of anilines is 1. The van der Waals surface area contributed by atoms with Gasteiger partial charge in [-0.25, -0.2) is 0 Å². The molecule has 0 aliphatic carbocycles. The average Bonchev–Trinajstić information content (AvgIpc) is 3.48. The molecule has 1 atom stereocenters. The summed E-state index contributed by atoms with van der Waals surface area (Å²) in [5.41, 5.74) is 1.53. The van der Waals surface area contributed by atoms with Crippen LogP contribution in [0.5, 0.6) is 17.2 Å². The number of benzene rings is 3. The Kier molecular flexibility index (Phi) is 6.70. The highest BCUT2D eigenvalue weighted by atomic mass is 16.5. The number of nitrogens with zero attached hydrogens (tertiary/aromatic N) is 1. The van der Waals surface area contributed by atoms with Crippen LogP contribution in [0.1, 0.15) is 50.8 Å². The van der Waals surface area contributed by atoms with Gasteiger partial charge < -0.3 is 19.5 Å². The highest BCUT2D eigenvalue weighted by Gasteiger charge is 2.37. The molecule has 2 aliphatic rings. The summed E-state index contributed by atoms with van der Waals surface area (Å²) in [5.74, 6) is -0.313. The molecular formula is C28H24N2O7. The van der Waals surface area contributed by atoms with E-state index in [4.69, 9.17) is 14.2 Å². The molecule has 1 unspecified atom stereocenters. The molecule has 3 aromatic carbocycles. The first-order chi connectivity index (χ1) is 17.9. The molecule has 3 amide bonds. The number of nitrogens with one attached hydrogen (secondary N) is 1. The van der Waals surface area contributed by atoms with Crippen LogP contribution in [0.3, 0.4) is 0 Å². The summed E-state index contributed by atoms with van der Waals surface area (Å²) in [7, 11) is 0. The van der Waals surface area contributed by atoms with Gasteiger partial charge in [-0.3, -0.25) is 24.1 Å². The molecule has 0 bridgehead atoms. The maximum absolute atomic E-state index is 12.9. The normalized spacial score (nSPS) is 16.5. The fourth-order valence-electron chi connectivity index (χ4n) is 4.30. The molecule has 9 nitrogen and oxygen atoms in total. The molecule has 0 saturated carbocycles. The lowest BCUT2D eigenvalue weighted by molar-refractivity contribution is -0.131. The average molecular weight is 501 g/mol. The first-order valence-electron chi connectivity index (χ1n) is 11.9. The largest absolute Gasteiger partial charge is 0.457 e. The predicted octanol–water partition coefficient (Wildman–Crippen LogP) is 4.43. The third-order valence-electron chi connectivity index (χ3n) is 6.06. The molecule has 2 aliphatic heterocycles. The number of hydrogen-bond acceptors (Lipinski definition) is 7. The van der Waals surface area contributed by atoms with Crippen LogP contribution in [0.25, 0.3) is 0 Å². The van der Waals surface area contributed by atoms with E-state index in [1.165, 1.54) is 17.9 Å². The Morgan fingerprint density at radius 1 is 0.946 bits per heavy atom. The molecule has 3 aromatic rings. The van der Waals surface area contributed by atoms with Crippen molar-refractivity contribution in [3.63, 3.8) is 0 Å². The summed E-state index contributed by atoms with van der Waals surface area (Å²) in [5, 5.41) is 2.78. The van der Waals surface area contributed by atoms with Crippen LogP contribution >= 0.6 is 0 Å². The van der Waals surface area contributed by atoms with Gasteiger partial charge in [-0.05, 0) is 73.5 Å². The van der Waals surface area contributed by atoms with Crippen LogP contribution in [-0.2, 0) is 9.53 Å². The summed E-state index contributed by atoms with van der Waals surface area (Å²) in [6.45, 7) is 2.19. The van der Waals surface area contributed by atoms with Gasteiger partial charge in [0.25, 0.3) is 17.7 Å². The van der Waals surface area contributed by atoms with E-state index in [2.05, 4.69) is 5.32 Å². The van der Waals surface area contributed by atoms with Crippen molar-refractivity contribution in [3.8, 4) is 17.2 Å². The molecule has 188 valence electrons. The Bertz CT molecular complexity index is 1380. The Morgan fingerprint density at radius 2 is 1.70 bits per heavy atom. The van der Waals surface area contributed by atoms with Crippen molar-refractivity contribution in [1.82, 2.24) is 4.90 Å². The number of ether oxygens (including phenoxy) is 3. The van der Waals surface area contributed by atoms with Gasteiger partial charge in [0, 0.05) is 24.8 Å². The standard InChI is InChI=1S/C28H24N2O7/c1-17(31)36-21-5-2-4-18(14-21)26(32)29-19-7-9-20(10-8-19)37-22-11-12-24-25(15-22)28(34)30(27(24)33)16-23-6-3-13-35-23/h2,4-5,7-12,14-15,23H,3,6,13,16H2,1H3,(H,29,32). The molecule has 37 heavy (non-hydrogen) atoms. The lowest BCUT2D eigenvalue weighted by atomic mass is 10.1. The number of imide groups is 1. The van der Waals surface area contributed by atoms with Gasteiger partial charge in [0.15, 0.2) is 0 Å². The number of carbonyl (C=O) groups is 4. The van der Waals surface area contributed by atoms with E-state index in [9.17, 15) is 19.2 Å². The number of carbonyl (C=O) groups excluding carboxylic acids is 4. The molecular weight excluding hydrogens is 476 g/mol. The Hall–Kier alpha value is -4.50. The minimum Gasteiger partial charge on any atom is -0.457 e. The van der Waals surface area contributed by atoms with E-state index in [0.29, 0.717) is 40.5 Å². The minimum atomic E-state index is -0.469. The number of esters is 1. The number of fused-ring (bicyclic) bond motifs is 1. The second-order valence-corrected chi connectivity index (χ2v) is 8.77. The summed E-state index contributed by atoms with van der Waals surface area (Å²) in [4.78, 5) is 50.5. The zero-order valence-corrected chi connectivity index (χ0v) is 20.1. The first-order valence-corrected chi connectivity index (χ1v) is 11.9. The van der Waals surface area contributed by atoms with Gasteiger partial charge in [-0.15, -0.1) is 0 Å². The topological polar surface area (TPSA) is 111 Å². The number of amides is 3. The Balaban J connectivity index is 1.23. The van der Waals surface area contributed by atoms with Crippen molar-refractivity contribution in [1.29, 1.82) is 0 Å². The summed E-state index contributed by atoms with van der Waals surface area (Å²) in [6, 6.07) is 17.8. The van der Waals surface area contributed by atoms with Crippen molar-refractivity contribution < 1.29 is 33.4 Å². The van der Waals surface area contributed by atoms with Gasteiger partial charge in [0.1, 0.15) is 17.2 Å². The SMILES string of the molecule is CC(=O)Oc1cccc(C(=O)Nc2ccc(Oc3ccc4c(c3)C(=O)N(CC3CCCO3)C4=O)cc2)c1. The molecule has 5 rings (SSSR count). The quantitative estimate of drug-likeness (QED) is 0.290. The molecule has 1 fully saturated rings. The summed E-state index contributed by atoms with van der Waals surface area (Å²) < 4.78 is 16.5. The van der Waals surface area contributed by atoms with Crippen LogP contribution in [0.4, 0.5) is 5.69 Å². The van der Waals surface area contributed by atoms with Crippen LogP contribution in [-0.4, -0.2) is 47.8 Å². The van der Waals surface area contributed by atoms with Gasteiger partial charge >= 0.3 is 5.97 Å². The summed E-state index contributed by atoms with van der Waals surface area (Å²) >= 11 is 0. The van der Waals surface area contributed by atoms with E-state index in [1.54, 1.807) is 60.7 Å². The lowest BCUT2D eigenvalue weighted by Crippen LogP contribution is -2.36. The maximum atomic E-state index is 12.9. The van der Waals surface area contributed by atoms with Crippen LogP contribution in [0.2, 0.25) is 0 Å². The van der Waals surface area contributed by atoms with Crippen LogP contribution in [0, 0.1) is 0 Å². The first kappa shape index (κ1) is 24.2. The molecule has 1 saturated heterocycles. The van der Waals surface area contributed by atoms with Crippen molar-refractivity contribution in [2.45, 2.75) is 25.9 Å². The third-order valence-corrected chi connectivity index (χ3v) is 6.06. The second-order valence-electron chi connectivity index (χ2n) is 8.77. The third kappa shape index (κ3) is 5.36. The molecule has 0 radical (unpaired) electrons. The lowest BCUT2D eigenvalue weighted by Gasteiger charge is -2.17. The molecule has 1 N–H and O–H groups in total. The molecule has 2 heterocycles. The van der Waals surface area contributed by atoms with Gasteiger partial charge in [0.05, 0.1) is 23.8 Å². The smallest absolute Gasteiger partial charge is 0.308 e. The fourth-order valence-corrected chi connectivity index (χ4v) is 4.30. The summed E-state index contributed by atoms with van der Waals surface area (Å²) in [6.07, 6.45) is 1.64. The Labute approximate surface area is 212 Å². The highest BCUT2D eigenvalue weighted by molar-refractivity contribution is 6.21. The van der Waals surface area contributed by atoms with Crippen LogP contribution < -0.4 is 14.8 Å². The highest BCUT2D eigenvalue weighted by Crippen LogP contribution is 2.31. The monoisotopic (exact) mass is 500 g/mol. The van der Waals surface area contributed by atoms with E-state index in [1.807, 2.05) is 0 Å². The molecule has 9 heteroatoms. The minimum absolute atomic E-state index is 0.116. The van der Waals surface area contributed by atoms with Crippen molar-refractivity contribution >= 4 is 29.4 Å². The van der Waals surface area contributed by atoms with E-state index < -0.39 is 5.97 Å². The van der Waals surface area contributed by atoms with Gasteiger partial charge in [0.2, 0.25) is 0 Å². The van der Waals surface area contributed by atoms with Crippen molar-refractivity contribution in [2.24, 2.45) is 0 Å². The van der Waals surface area contributed by atoms with Crippen molar-refractivity contribution in [3.05, 3.63) is 83.4 Å². The molecule has 0 spiro atoms. The number of rotatable bonds is 7. The Morgan fingerprint density at radius 3 is 2.43 bits per heavy atom. The van der Waals surface area contributed by atoms with E-state index >= 15 is 0 Å². The number of hydrogen-bond donors (Lipinski definition) is 1. The fraction of sp³-hybridized carbons (Fsp3) is 0.214. The zero-order valence-electron chi connectivity index (χ0n) is 20.1. The van der Waals surface area contributed by atoms with Gasteiger partial charge in [-0.1, -0.05) is 6.07 Å². The van der Waals surface area contributed by atoms with Gasteiger partial charge in [-0.2, -0.15) is 0 Å². The van der Waals surface area contributed by atoms with E-state index in [0.717, 1.165) is 12.8 Å². The van der Waals surface area contributed by atoms with Crippen LogP contribution in [0.15, 0.2) is 66.7 Å². The van der Waals surface area contributed by atoms with E-state index in [-0.39, 0.29) is 36.1 Å². The second kappa shape index (κ2) is 10.2. The predicted molar refractivity (Wildman–Crippen MR) is 133 cm³/mol. The maximum Gasteiger partial charge on any atom is 0.308 e. The molecule has 0 aromatic heterocycles. The zero-order chi connectivity index (χ0) is 25.9. The van der Waals surface area contributed by atoms with Crippen molar-refractivity contribution in [2.75, 3.05) is 18.5 Å².